The van der Waals surface area contributed by atoms with Crippen molar-refractivity contribution in [3.8, 4) is 0 Å². The molecule has 0 aliphatic carbocycles. The average Bonchev–Trinajstić information content (AvgIpc) is 2.14. The van der Waals surface area contributed by atoms with Crippen LogP contribution in [0.25, 0.3) is 0 Å². The number of hydrogen-bond acceptors (Lipinski definition) is 3. The van der Waals surface area contributed by atoms with Gasteiger partial charge in [-0.2, -0.15) is 0 Å². The molecule has 4 heteroatoms. The van der Waals surface area contributed by atoms with Crippen molar-refractivity contribution in [3.05, 3.63) is 22.2 Å². The molecule has 0 aliphatic heterocycles. The molecule has 78 valence electrons. The van der Waals surface area contributed by atoms with Gasteiger partial charge in [0.05, 0.1) is 0 Å². The Kier molecular flexibility index (Phi) is 4.29. The molecule has 0 aliphatic rings. The SMILES string of the molecule is COCCCc1nc(C)c(C)c(Cl)n1. The van der Waals surface area contributed by atoms with E-state index < -0.39 is 0 Å². The van der Waals surface area contributed by atoms with Crippen molar-refractivity contribution in [1.29, 1.82) is 0 Å². The van der Waals surface area contributed by atoms with Crippen LogP contribution in [0.5, 0.6) is 0 Å². The number of methoxy groups -OCH3 is 1. The molecular formula is C10H15ClN2O. The van der Waals surface area contributed by atoms with Crippen molar-refractivity contribution in [1.82, 2.24) is 9.97 Å². The maximum absolute atomic E-state index is 5.95. The number of ether oxygens (including phenoxy) is 1. The lowest BCUT2D eigenvalue weighted by Crippen LogP contribution is -2.02. The summed E-state index contributed by atoms with van der Waals surface area (Å²) in [5, 5.41) is 0.560. The van der Waals surface area contributed by atoms with Crippen molar-refractivity contribution in [3.63, 3.8) is 0 Å². The van der Waals surface area contributed by atoms with Gasteiger partial charge in [-0.05, 0) is 20.3 Å². The number of rotatable bonds is 4. The zero-order valence-electron chi connectivity index (χ0n) is 8.80. The highest BCUT2D eigenvalue weighted by Crippen LogP contribution is 2.15. The fourth-order valence-electron chi connectivity index (χ4n) is 1.14. The van der Waals surface area contributed by atoms with Crippen LogP contribution in [0.4, 0.5) is 0 Å². The van der Waals surface area contributed by atoms with Crippen molar-refractivity contribution >= 4 is 11.6 Å². The molecule has 0 bridgehead atoms. The summed E-state index contributed by atoms with van der Waals surface area (Å²) >= 11 is 5.95. The van der Waals surface area contributed by atoms with Crippen LogP contribution in [-0.2, 0) is 11.2 Å². The van der Waals surface area contributed by atoms with E-state index in [-0.39, 0.29) is 0 Å². The molecule has 14 heavy (non-hydrogen) atoms. The van der Waals surface area contributed by atoms with E-state index in [9.17, 15) is 0 Å². The number of aromatic nitrogens is 2. The zero-order valence-corrected chi connectivity index (χ0v) is 9.56. The van der Waals surface area contributed by atoms with Gasteiger partial charge in [0.2, 0.25) is 0 Å². The summed E-state index contributed by atoms with van der Waals surface area (Å²) in [6.45, 7) is 4.60. The van der Waals surface area contributed by atoms with Crippen molar-refractivity contribution < 1.29 is 4.74 Å². The van der Waals surface area contributed by atoms with Crippen LogP contribution in [-0.4, -0.2) is 23.7 Å². The summed E-state index contributed by atoms with van der Waals surface area (Å²) in [7, 11) is 1.69. The fourth-order valence-corrected chi connectivity index (χ4v) is 1.37. The van der Waals surface area contributed by atoms with E-state index in [2.05, 4.69) is 9.97 Å². The molecule has 1 aromatic heterocycles. The maximum Gasteiger partial charge on any atom is 0.135 e. The van der Waals surface area contributed by atoms with Crippen molar-refractivity contribution in [2.24, 2.45) is 0 Å². The fraction of sp³-hybridized carbons (Fsp3) is 0.600. The largest absolute Gasteiger partial charge is 0.385 e. The third-order valence-electron chi connectivity index (χ3n) is 2.12. The van der Waals surface area contributed by atoms with Gasteiger partial charge in [0.25, 0.3) is 0 Å². The van der Waals surface area contributed by atoms with E-state index in [1.807, 2.05) is 13.8 Å². The van der Waals surface area contributed by atoms with E-state index in [0.717, 1.165) is 36.5 Å². The lowest BCUT2D eigenvalue weighted by atomic mass is 10.2. The third-order valence-corrected chi connectivity index (χ3v) is 2.49. The summed E-state index contributed by atoms with van der Waals surface area (Å²) in [5.41, 5.74) is 1.92. The molecule has 0 amide bonds. The molecule has 0 saturated carbocycles. The minimum Gasteiger partial charge on any atom is -0.385 e. The molecule has 0 radical (unpaired) electrons. The highest BCUT2D eigenvalue weighted by Gasteiger charge is 2.05. The van der Waals surface area contributed by atoms with Crippen LogP contribution in [0.3, 0.4) is 0 Å². The summed E-state index contributed by atoms with van der Waals surface area (Å²) in [4.78, 5) is 8.56. The summed E-state index contributed by atoms with van der Waals surface area (Å²) in [6, 6.07) is 0. The van der Waals surface area contributed by atoms with Gasteiger partial charge in [0.1, 0.15) is 11.0 Å². The Hall–Kier alpha value is -0.670. The predicted molar refractivity (Wildman–Crippen MR) is 56.7 cm³/mol. The van der Waals surface area contributed by atoms with Crippen LogP contribution in [0.15, 0.2) is 0 Å². The molecule has 1 aromatic rings. The second-order valence-electron chi connectivity index (χ2n) is 3.24. The molecule has 0 fully saturated rings. The molecule has 1 rings (SSSR count). The van der Waals surface area contributed by atoms with Gasteiger partial charge in [0.15, 0.2) is 0 Å². The Morgan fingerprint density at radius 1 is 1.29 bits per heavy atom. The lowest BCUT2D eigenvalue weighted by Gasteiger charge is -2.05. The minimum absolute atomic E-state index is 0.560. The molecule has 0 saturated heterocycles. The van der Waals surface area contributed by atoms with Crippen LogP contribution in [0.1, 0.15) is 23.5 Å². The maximum atomic E-state index is 5.95. The lowest BCUT2D eigenvalue weighted by molar-refractivity contribution is 0.194. The highest BCUT2D eigenvalue weighted by atomic mass is 35.5. The van der Waals surface area contributed by atoms with Crippen molar-refractivity contribution in [2.45, 2.75) is 26.7 Å². The van der Waals surface area contributed by atoms with E-state index in [1.165, 1.54) is 0 Å². The second-order valence-corrected chi connectivity index (χ2v) is 3.60. The Morgan fingerprint density at radius 3 is 2.57 bits per heavy atom. The summed E-state index contributed by atoms with van der Waals surface area (Å²) < 4.78 is 4.96. The Morgan fingerprint density at radius 2 is 2.00 bits per heavy atom. The van der Waals surface area contributed by atoms with Gasteiger partial charge in [-0.25, -0.2) is 9.97 Å². The summed E-state index contributed by atoms with van der Waals surface area (Å²) in [5.74, 6) is 0.801. The molecule has 0 spiro atoms. The zero-order chi connectivity index (χ0) is 10.6. The van der Waals surface area contributed by atoms with Crippen LogP contribution < -0.4 is 0 Å². The van der Waals surface area contributed by atoms with Gasteiger partial charge < -0.3 is 4.74 Å². The monoisotopic (exact) mass is 214 g/mol. The molecule has 3 nitrogen and oxygen atoms in total. The Labute approximate surface area is 89.5 Å². The molecular weight excluding hydrogens is 200 g/mol. The minimum atomic E-state index is 0.560. The molecule has 0 unspecified atom stereocenters. The van der Waals surface area contributed by atoms with Gasteiger partial charge in [-0.15, -0.1) is 0 Å². The standard InChI is InChI=1S/C10H15ClN2O/c1-7-8(2)12-9(13-10(7)11)5-4-6-14-3/h4-6H2,1-3H3. The average molecular weight is 215 g/mol. The Bertz CT molecular complexity index is 292. The first kappa shape index (κ1) is 11.4. The van der Waals surface area contributed by atoms with E-state index in [4.69, 9.17) is 16.3 Å². The Balaban J connectivity index is 2.69. The first-order valence-electron chi connectivity index (χ1n) is 4.63. The smallest absolute Gasteiger partial charge is 0.135 e. The quantitative estimate of drug-likeness (QED) is 0.570. The third kappa shape index (κ3) is 2.93. The van der Waals surface area contributed by atoms with E-state index >= 15 is 0 Å². The number of halogens is 1. The van der Waals surface area contributed by atoms with Gasteiger partial charge >= 0.3 is 0 Å². The predicted octanol–water partition coefficient (Wildman–Crippen LogP) is 2.33. The molecule has 0 atom stereocenters. The van der Waals surface area contributed by atoms with Crippen LogP contribution >= 0.6 is 11.6 Å². The normalized spacial score (nSPS) is 10.6. The van der Waals surface area contributed by atoms with Gasteiger partial charge in [0, 0.05) is 31.4 Å². The number of nitrogens with zero attached hydrogens (tertiary/aromatic N) is 2. The molecule has 1 heterocycles. The van der Waals surface area contributed by atoms with Gasteiger partial charge in [-0.3, -0.25) is 0 Å². The molecule has 0 N–H and O–H groups in total. The van der Waals surface area contributed by atoms with Crippen LogP contribution in [0.2, 0.25) is 5.15 Å². The van der Waals surface area contributed by atoms with E-state index in [1.54, 1.807) is 7.11 Å². The van der Waals surface area contributed by atoms with Gasteiger partial charge in [-0.1, -0.05) is 11.6 Å². The number of hydrogen-bond donors (Lipinski definition) is 0. The number of aryl methyl sites for hydroxylation is 2. The highest BCUT2D eigenvalue weighted by molar-refractivity contribution is 6.30. The first-order valence-corrected chi connectivity index (χ1v) is 5.01. The van der Waals surface area contributed by atoms with Crippen molar-refractivity contribution in [2.75, 3.05) is 13.7 Å². The van der Waals surface area contributed by atoms with Crippen LogP contribution in [0, 0.1) is 13.8 Å². The topological polar surface area (TPSA) is 35.0 Å². The first-order chi connectivity index (χ1) is 6.65. The second kappa shape index (κ2) is 5.27. The summed E-state index contributed by atoms with van der Waals surface area (Å²) in [6.07, 6.45) is 1.74. The molecule has 0 aromatic carbocycles. The van der Waals surface area contributed by atoms with E-state index in [0.29, 0.717) is 5.15 Å².